The molecule has 0 aromatic heterocycles. The number of nitrogens with two attached hydrogens (primary N) is 1. The fourth-order valence-electron chi connectivity index (χ4n) is 5.20. The van der Waals surface area contributed by atoms with Gasteiger partial charge in [0.2, 0.25) is 5.91 Å². The highest BCUT2D eigenvalue weighted by Crippen LogP contribution is 2.17. The van der Waals surface area contributed by atoms with Gasteiger partial charge in [-0.1, -0.05) is 39.0 Å². The highest BCUT2D eigenvalue weighted by molar-refractivity contribution is 7.89. The van der Waals surface area contributed by atoms with Gasteiger partial charge in [0.15, 0.2) is 0 Å². The number of hydrogen-bond donors (Lipinski definition) is 4. The van der Waals surface area contributed by atoms with Crippen LogP contribution in [-0.2, 0) is 16.4 Å². The minimum absolute atomic E-state index is 0.00296. The van der Waals surface area contributed by atoms with Crippen LogP contribution in [0.3, 0.4) is 0 Å². The van der Waals surface area contributed by atoms with E-state index in [9.17, 15) is 36.7 Å². The molecule has 0 radical (unpaired) electrons. The number of rotatable bonds is 18. The van der Waals surface area contributed by atoms with Crippen molar-refractivity contribution in [3.63, 3.8) is 0 Å². The molecule has 0 aliphatic carbocycles. The van der Waals surface area contributed by atoms with E-state index in [1.807, 2.05) is 13.8 Å². The first-order valence-corrected chi connectivity index (χ1v) is 17.3. The fourth-order valence-corrected chi connectivity index (χ4v) is 6.33. The molecule has 2 atom stereocenters. The summed E-state index contributed by atoms with van der Waals surface area (Å²) >= 11 is 0. The minimum atomic E-state index is -4.03. The molecule has 3 aromatic rings. The smallest absolute Gasteiger partial charge is 0.253 e. The number of nitrogens with one attached hydrogen (secondary N) is 2. The van der Waals surface area contributed by atoms with Gasteiger partial charge in [-0.15, -0.1) is 4.83 Å². The van der Waals surface area contributed by atoms with Crippen LogP contribution < -0.4 is 15.9 Å². The highest BCUT2D eigenvalue weighted by Gasteiger charge is 2.28. The Morgan fingerprint density at radius 1 is 0.833 bits per heavy atom. The number of aliphatic hydroxyl groups excluding tert-OH is 1. The normalized spacial score (nSPS) is 12.8. The largest absolute Gasteiger partial charge is 0.390 e. The van der Waals surface area contributed by atoms with Gasteiger partial charge in [0.05, 0.1) is 17.0 Å². The third-order valence-electron chi connectivity index (χ3n) is 7.36. The summed E-state index contributed by atoms with van der Waals surface area (Å²) < 4.78 is 54.3. The van der Waals surface area contributed by atoms with Crippen molar-refractivity contribution in [2.75, 3.05) is 26.2 Å². The average Bonchev–Trinajstić information content (AvgIpc) is 3.03. The molecule has 3 aromatic carbocycles. The van der Waals surface area contributed by atoms with Crippen molar-refractivity contribution in [2.24, 2.45) is 5.73 Å². The molecule has 3 amide bonds. The van der Waals surface area contributed by atoms with Gasteiger partial charge in [-0.2, -0.15) is 0 Å². The molecule has 0 spiro atoms. The molecule has 5 N–H and O–H groups in total. The van der Waals surface area contributed by atoms with Gasteiger partial charge >= 0.3 is 0 Å². The summed E-state index contributed by atoms with van der Waals surface area (Å²) in [6.07, 6.45) is 0.126. The van der Waals surface area contributed by atoms with Crippen molar-refractivity contribution < 1.29 is 36.7 Å². The monoisotopic (exact) mass is 687 g/mol. The second-order valence-corrected chi connectivity index (χ2v) is 13.1. The number of amides is 3. The molecule has 0 saturated carbocycles. The Balaban J connectivity index is 1.97. The lowest BCUT2D eigenvalue weighted by Crippen LogP contribution is -2.53. The predicted molar refractivity (Wildman–Crippen MR) is 177 cm³/mol. The van der Waals surface area contributed by atoms with E-state index < -0.39 is 51.5 Å². The topological polar surface area (TPSA) is 162 Å². The van der Waals surface area contributed by atoms with E-state index in [4.69, 9.17) is 5.73 Å². The standard InChI is InChI=1S/C34H43F2N5O6S/c1-4-12-40(13-5-2)34(45)26-19-24(32(37)43)18-25(20-26)33(44)38-30(17-23-15-27(35)21-28(36)16-23)31(42)22-41(14-6-3)39-48(46,47)29-10-8-7-9-11-29/h7-11,15-16,18-21,30-31,39,42H,4-6,12-14,17,22H2,1-3H3,(H2,37,43)(H,38,44). The molecule has 11 nitrogen and oxygen atoms in total. The summed E-state index contributed by atoms with van der Waals surface area (Å²) in [4.78, 5) is 43.3. The van der Waals surface area contributed by atoms with Crippen LogP contribution in [0.1, 0.15) is 76.7 Å². The molecule has 3 rings (SSSR count). The number of nitrogens with zero attached hydrogens (tertiary/aromatic N) is 2. The highest BCUT2D eigenvalue weighted by atomic mass is 32.2. The molecular weight excluding hydrogens is 644 g/mol. The number of primary amides is 1. The van der Waals surface area contributed by atoms with Crippen molar-refractivity contribution in [1.29, 1.82) is 0 Å². The Bertz CT molecular complexity index is 1650. The van der Waals surface area contributed by atoms with Crippen LogP contribution in [0.2, 0.25) is 0 Å². The molecule has 0 bridgehead atoms. The van der Waals surface area contributed by atoms with Crippen LogP contribution in [0, 0.1) is 11.6 Å². The van der Waals surface area contributed by atoms with E-state index in [0.29, 0.717) is 38.4 Å². The fraction of sp³-hybridized carbons (Fsp3) is 0.382. The first-order chi connectivity index (χ1) is 22.8. The molecule has 14 heteroatoms. The summed E-state index contributed by atoms with van der Waals surface area (Å²) in [6.45, 7) is 6.40. The lowest BCUT2D eigenvalue weighted by molar-refractivity contribution is 0.0618. The van der Waals surface area contributed by atoms with E-state index in [1.165, 1.54) is 35.3 Å². The van der Waals surface area contributed by atoms with Gasteiger partial charge < -0.3 is 21.1 Å². The van der Waals surface area contributed by atoms with Crippen LogP contribution in [0.4, 0.5) is 8.78 Å². The Morgan fingerprint density at radius 2 is 1.40 bits per heavy atom. The second-order valence-electron chi connectivity index (χ2n) is 11.4. The van der Waals surface area contributed by atoms with Crippen LogP contribution in [-0.4, -0.2) is 79.5 Å². The first-order valence-electron chi connectivity index (χ1n) is 15.8. The summed E-state index contributed by atoms with van der Waals surface area (Å²) in [7, 11) is -4.03. The van der Waals surface area contributed by atoms with Crippen LogP contribution >= 0.6 is 0 Å². The average molecular weight is 688 g/mol. The van der Waals surface area contributed by atoms with Crippen molar-refractivity contribution in [1.82, 2.24) is 20.1 Å². The molecule has 260 valence electrons. The van der Waals surface area contributed by atoms with Crippen molar-refractivity contribution in [3.05, 3.63) is 101 Å². The Morgan fingerprint density at radius 3 is 1.96 bits per heavy atom. The lowest BCUT2D eigenvalue weighted by Gasteiger charge is -2.30. The van der Waals surface area contributed by atoms with Crippen LogP contribution in [0.15, 0.2) is 71.6 Å². The molecule has 0 aliphatic heterocycles. The maximum Gasteiger partial charge on any atom is 0.253 e. The number of carbonyl (C=O) groups is 3. The number of sulfonamides is 1. The van der Waals surface area contributed by atoms with Crippen LogP contribution in [0.25, 0.3) is 0 Å². The van der Waals surface area contributed by atoms with Gasteiger partial charge in [-0.3, -0.25) is 14.4 Å². The zero-order valence-electron chi connectivity index (χ0n) is 27.3. The number of hydrogen-bond acceptors (Lipinski definition) is 7. The van der Waals surface area contributed by atoms with Crippen molar-refractivity contribution in [2.45, 2.75) is 63.5 Å². The summed E-state index contributed by atoms with van der Waals surface area (Å²) in [5.41, 5.74) is 5.51. The zero-order valence-corrected chi connectivity index (χ0v) is 28.1. The van der Waals surface area contributed by atoms with E-state index in [1.54, 1.807) is 30.0 Å². The van der Waals surface area contributed by atoms with E-state index in [0.717, 1.165) is 12.1 Å². The SMILES string of the molecule is CCCN(CC(O)C(Cc1cc(F)cc(F)c1)NC(=O)c1cc(C(N)=O)cc(C(=O)N(CCC)CCC)c1)NS(=O)(=O)c1ccccc1. The van der Waals surface area contributed by atoms with Gasteiger partial charge in [-0.05, 0) is 73.7 Å². The number of aliphatic hydroxyl groups is 1. The predicted octanol–water partition coefficient (Wildman–Crippen LogP) is 3.63. The molecule has 0 fully saturated rings. The quantitative estimate of drug-likeness (QED) is 0.149. The number of hydrazine groups is 1. The van der Waals surface area contributed by atoms with Crippen LogP contribution in [0.5, 0.6) is 0 Å². The summed E-state index contributed by atoms with van der Waals surface area (Å²) in [5.74, 6) is -3.81. The van der Waals surface area contributed by atoms with E-state index in [2.05, 4.69) is 10.1 Å². The first kappa shape index (κ1) is 38.2. The maximum atomic E-state index is 14.1. The molecule has 0 heterocycles. The van der Waals surface area contributed by atoms with Gasteiger partial charge in [0.1, 0.15) is 11.6 Å². The maximum absolute atomic E-state index is 14.1. The Hall–Kier alpha value is -4.24. The van der Waals surface area contributed by atoms with Crippen molar-refractivity contribution in [3.8, 4) is 0 Å². The number of benzene rings is 3. The molecule has 2 unspecified atom stereocenters. The minimum Gasteiger partial charge on any atom is -0.390 e. The molecule has 48 heavy (non-hydrogen) atoms. The number of carbonyl (C=O) groups excluding carboxylic acids is 3. The Kier molecular flexibility index (Phi) is 14.2. The van der Waals surface area contributed by atoms with E-state index in [-0.39, 0.29) is 46.7 Å². The summed E-state index contributed by atoms with van der Waals surface area (Å²) in [5, 5.41) is 15.4. The van der Waals surface area contributed by atoms with Gasteiger partial charge in [0, 0.05) is 48.9 Å². The lowest BCUT2D eigenvalue weighted by atomic mass is 9.99. The second kappa shape index (κ2) is 17.8. The molecule has 0 aliphatic rings. The molecule has 0 saturated heterocycles. The summed E-state index contributed by atoms with van der Waals surface area (Å²) in [6, 6.07) is 13.0. The van der Waals surface area contributed by atoms with Gasteiger partial charge in [0.25, 0.3) is 21.8 Å². The third-order valence-corrected chi connectivity index (χ3v) is 8.75. The molecular formula is C34H43F2N5O6S. The van der Waals surface area contributed by atoms with E-state index >= 15 is 0 Å². The number of halogens is 2. The zero-order chi connectivity index (χ0) is 35.4. The van der Waals surface area contributed by atoms with Crippen molar-refractivity contribution >= 4 is 27.7 Å². The Labute approximate surface area is 280 Å². The third kappa shape index (κ3) is 10.9. The van der Waals surface area contributed by atoms with Gasteiger partial charge in [-0.25, -0.2) is 22.2 Å².